The van der Waals surface area contributed by atoms with Crippen LogP contribution >= 0.6 is 0 Å². The van der Waals surface area contributed by atoms with Gasteiger partial charge in [-0.2, -0.15) is 5.10 Å². The van der Waals surface area contributed by atoms with Gasteiger partial charge in [0.15, 0.2) is 0 Å². The van der Waals surface area contributed by atoms with Crippen LogP contribution in [0.25, 0.3) is 0 Å². The van der Waals surface area contributed by atoms with E-state index in [0.717, 1.165) is 19.4 Å². The smallest absolute Gasteiger partial charge is 0.0660 e. The molecule has 0 atom stereocenters. The average Bonchev–Trinajstić information content (AvgIpc) is 2.95. The van der Waals surface area contributed by atoms with Crippen molar-refractivity contribution in [2.24, 2.45) is 5.73 Å². The van der Waals surface area contributed by atoms with Crippen LogP contribution in [0.4, 0.5) is 5.69 Å². The Hall–Kier alpha value is -1.81. The SMILES string of the molecule is NC1CCC(Nc2cccc(Cn3cccn3)c2)CC1. The Bertz CT molecular complexity index is 527. The van der Waals surface area contributed by atoms with E-state index in [2.05, 4.69) is 34.7 Å². The molecule has 2 aromatic rings. The quantitative estimate of drug-likeness (QED) is 0.898. The first-order valence-electron chi connectivity index (χ1n) is 7.38. The zero-order valence-electron chi connectivity index (χ0n) is 11.7. The first-order chi connectivity index (χ1) is 9.79. The summed E-state index contributed by atoms with van der Waals surface area (Å²) in [4.78, 5) is 0. The van der Waals surface area contributed by atoms with Crippen LogP contribution in [0, 0.1) is 0 Å². The predicted molar refractivity (Wildman–Crippen MR) is 81.6 cm³/mol. The maximum Gasteiger partial charge on any atom is 0.0660 e. The minimum atomic E-state index is 0.402. The molecule has 0 saturated heterocycles. The maximum atomic E-state index is 5.95. The third-order valence-electron chi connectivity index (χ3n) is 3.97. The van der Waals surface area contributed by atoms with Crippen LogP contribution in [0.15, 0.2) is 42.7 Å². The van der Waals surface area contributed by atoms with Crippen molar-refractivity contribution in [1.29, 1.82) is 0 Å². The fraction of sp³-hybridized carbons (Fsp3) is 0.438. The Kier molecular flexibility index (Phi) is 4.02. The third-order valence-corrected chi connectivity index (χ3v) is 3.97. The lowest BCUT2D eigenvalue weighted by Gasteiger charge is -2.27. The minimum absolute atomic E-state index is 0.402. The number of nitrogens with two attached hydrogens (primary N) is 1. The van der Waals surface area contributed by atoms with E-state index in [4.69, 9.17) is 5.73 Å². The van der Waals surface area contributed by atoms with Gasteiger partial charge in [0.1, 0.15) is 0 Å². The van der Waals surface area contributed by atoms with Gasteiger partial charge < -0.3 is 11.1 Å². The molecule has 106 valence electrons. The van der Waals surface area contributed by atoms with Gasteiger partial charge in [-0.1, -0.05) is 12.1 Å². The molecular weight excluding hydrogens is 248 g/mol. The summed E-state index contributed by atoms with van der Waals surface area (Å²) in [7, 11) is 0. The fourth-order valence-electron chi connectivity index (χ4n) is 2.84. The molecule has 4 heteroatoms. The third kappa shape index (κ3) is 3.39. The second kappa shape index (κ2) is 6.09. The molecule has 3 rings (SSSR count). The van der Waals surface area contributed by atoms with Crippen molar-refractivity contribution in [3.05, 3.63) is 48.3 Å². The molecule has 1 aromatic carbocycles. The summed E-state index contributed by atoms with van der Waals surface area (Å²) in [6, 6.07) is 11.5. The number of aromatic nitrogens is 2. The van der Waals surface area contributed by atoms with Crippen molar-refractivity contribution in [3.8, 4) is 0 Å². The Morgan fingerprint density at radius 1 is 1.20 bits per heavy atom. The lowest BCUT2D eigenvalue weighted by Crippen LogP contribution is -2.32. The van der Waals surface area contributed by atoms with Gasteiger partial charge in [0.05, 0.1) is 6.54 Å². The molecule has 3 N–H and O–H groups in total. The highest BCUT2D eigenvalue weighted by atomic mass is 15.3. The van der Waals surface area contributed by atoms with Crippen LogP contribution in [0.3, 0.4) is 0 Å². The molecule has 0 aliphatic heterocycles. The highest BCUT2D eigenvalue weighted by molar-refractivity contribution is 5.46. The van der Waals surface area contributed by atoms with Gasteiger partial charge in [0.2, 0.25) is 0 Å². The zero-order chi connectivity index (χ0) is 13.8. The standard InChI is InChI=1S/C16H22N4/c17-14-5-7-15(8-6-14)19-16-4-1-3-13(11-16)12-20-10-2-9-18-20/h1-4,9-11,14-15,19H,5-8,12,17H2. The molecular formula is C16H22N4. The van der Waals surface area contributed by atoms with Gasteiger partial charge in [-0.3, -0.25) is 4.68 Å². The zero-order valence-corrected chi connectivity index (χ0v) is 11.7. The van der Waals surface area contributed by atoms with E-state index >= 15 is 0 Å². The molecule has 0 bridgehead atoms. The summed E-state index contributed by atoms with van der Waals surface area (Å²) in [6.45, 7) is 0.818. The predicted octanol–water partition coefficient (Wildman–Crippen LogP) is 2.61. The van der Waals surface area contributed by atoms with Crippen molar-refractivity contribution in [3.63, 3.8) is 0 Å². The van der Waals surface area contributed by atoms with E-state index in [9.17, 15) is 0 Å². The van der Waals surface area contributed by atoms with Gasteiger partial charge in [0.25, 0.3) is 0 Å². The molecule has 1 heterocycles. The van der Waals surface area contributed by atoms with Gasteiger partial charge in [-0.05, 0) is 49.4 Å². The van der Waals surface area contributed by atoms with E-state index in [1.165, 1.54) is 24.1 Å². The summed E-state index contributed by atoms with van der Waals surface area (Å²) in [5, 5.41) is 7.88. The van der Waals surface area contributed by atoms with Crippen molar-refractivity contribution < 1.29 is 0 Å². The first kappa shape index (κ1) is 13.2. The summed E-state index contributed by atoms with van der Waals surface area (Å²) in [5.41, 5.74) is 8.43. The van der Waals surface area contributed by atoms with Crippen LogP contribution in [0.5, 0.6) is 0 Å². The molecule has 0 unspecified atom stereocenters. The van der Waals surface area contributed by atoms with Gasteiger partial charge in [-0.15, -0.1) is 0 Å². The van der Waals surface area contributed by atoms with Crippen LogP contribution < -0.4 is 11.1 Å². The van der Waals surface area contributed by atoms with Crippen molar-refractivity contribution in [2.75, 3.05) is 5.32 Å². The van der Waals surface area contributed by atoms with E-state index in [-0.39, 0.29) is 0 Å². The summed E-state index contributed by atoms with van der Waals surface area (Å²) in [5.74, 6) is 0. The van der Waals surface area contributed by atoms with Crippen molar-refractivity contribution in [2.45, 2.75) is 44.3 Å². The Morgan fingerprint density at radius 3 is 2.80 bits per heavy atom. The molecule has 1 aliphatic rings. The summed E-state index contributed by atoms with van der Waals surface area (Å²) >= 11 is 0. The highest BCUT2D eigenvalue weighted by Gasteiger charge is 2.18. The normalized spacial score (nSPS) is 22.6. The highest BCUT2D eigenvalue weighted by Crippen LogP contribution is 2.22. The van der Waals surface area contributed by atoms with Crippen LogP contribution in [0.1, 0.15) is 31.2 Å². The number of hydrogen-bond donors (Lipinski definition) is 2. The van der Waals surface area contributed by atoms with Crippen molar-refractivity contribution >= 4 is 5.69 Å². The minimum Gasteiger partial charge on any atom is -0.382 e. The molecule has 0 spiro atoms. The second-order valence-corrected chi connectivity index (χ2v) is 5.66. The van der Waals surface area contributed by atoms with Crippen molar-refractivity contribution in [1.82, 2.24) is 9.78 Å². The molecule has 4 nitrogen and oxygen atoms in total. The maximum absolute atomic E-state index is 5.95. The largest absolute Gasteiger partial charge is 0.382 e. The second-order valence-electron chi connectivity index (χ2n) is 5.66. The van der Waals surface area contributed by atoms with E-state index in [1.54, 1.807) is 0 Å². The summed E-state index contributed by atoms with van der Waals surface area (Å²) in [6.07, 6.45) is 8.40. The van der Waals surface area contributed by atoms with Crippen LogP contribution in [0.2, 0.25) is 0 Å². The number of rotatable bonds is 4. The Balaban J connectivity index is 1.62. The average molecular weight is 270 g/mol. The van der Waals surface area contributed by atoms with E-state index < -0.39 is 0 Å². The van der Waals surface area contributed by atoms with Crippen LogP contribution in [-0.4, -0.2) is 21.9 Å². The Morgan fingerprint density at radius 2 is 2.05 bits per heavy atom. The van der Waals surface area contributed by atoms with Gasteiger partial charge in [0, 0.05) is 30.2 Å². The Labute approximate surface area is 120 Å². The summed E-state index contributed by atoms with van der Waals surface area (Å²) < 4.78 is 1.94. The molecule has 0 amide bonds. The number of benzene rings is 1. The lowest BCUT2D eigenvalue weighted by molar-refractivity contribution is 0.411. The number of anilines is 1. The molecule has 1 fully saturated rings. The first-order valence-corrected chi connectivity index (χ1v) is 7.38. The van der Waals surface area contributed by atoms with Crippen LogP contribution in [-0.2, 0) is 6.54 Å². The van der Waals surface area contributed by atoms with Gasteiger partial charge in [-0.25, -0.2) is 0 Å². The molecule has 1 saturated carbocycles. The number of nitrogens with one attached hydrogen (secondary N) is 1. The monoisotopic (exact) mass is 270 g/mol. The number of hydrogen-bond acceptors (Lipinski definition) is 3. The molecule has 20 heavy (non-hydrogen) atoms. The fourth-order valence-corrected chi connectivity index (χ4v) is 2.84. The molecule has 1 aromatic heterocycles. The van der Waals surface area contributed by atoms with E-state index in [1.807, 2.05) is 23.1 Å². The van der Waals surface area contributed by atoms with Gasteiger partial charge >= 0.3 is 0 Å². The lowest BCUT2D eigenvalue weighted by atomic mass is 9.91. The molecule has 0 radical (unpaired) electrons. The molecule has 1 aliphatic carbocycles. The van der Waals surface area contributed by atoms with E-state index in [0.29, 0.717) is 12.1 Å². The number of nitrogens with zero attached hydrogens (tertiary/aromatic N) is 2. The topological polar surface area (TPSA) is 55.9 Å².